The van der Waals surface area contributed by atoms with Crippen molar-refractivity contribution in [2.75, 3.05) is 5.32 Å². The van der Waals surface area contributed by atoms with Crippen LogP contribution < -0.4 is 11.1 Å². The molecule has 3 heterocycles. The zero-order valence-corrected chi connectivity index (χ0v) is 19.4. The van der Waals surface area contributed by atoms with Gasteiger partial charge in [0.2, 0.25) is 0 Å². The smallest absolute Gasteiger partial charge is 0.164 e. The first-order valence-corrected chi connectivity index (χ1v) is 11.4. The summed E-state index contributed by atoms with van der Waals surface area (Å²) in [6.45, 7) is 5.36. The van der Waals surface area contributed by atoms with Crippen LogP contribution in [0.5, 0.6) is 0 Å². The fourth-order valence-electron chi connectivity index (χ4n) is 5.36. The van der Waals surface area contributed by atoms with Crippen molar-refractivity contribution in [3.05, 3.63) is 53.5 Å². The molecule has 1 saturated carbocycles. The first kappa shape index (κ1) is 22.4. The molecule has 1 fully saturated rings. The van der Waals surface area contributed by atoms with Crippen LogP contribution in [0.15, 0.2) is 35.7 Å². The molecule has 1 aliphatic heterocycles. The second-order valence-electron chi connectivity index (χ2n) is 8.87. The first-order chi connectivity index (χ1) is 16.1. The van der Waals surface area contributed by atoms with Gasteiger partial charge in [0.25, 0.3) is 0 Å². The number of halogens is 2. The van der Waals surface area contributed by atoms with Crippen molar-refractivity contribution in [2.45, 2.75) is 37.2 Å². The van der Waals surface area contributed by atoms with Gasteiger partial charge in [-0.2, -0.15) is 5.26 Å². The fraction of sp³-hybridized carbons (Fsp3) is 0.348. The Balaban J connectivity index is 1.60. The van der Waals surface area contributed by atoms with Crippen LogP contribution >= 0.6 is 11.8 Å². The minimum absolute atomic E-state index is 0.0179. The minimum atomic E-state index is -1.18. The van der Waals surface area contributed by atoms with Crippen LogP contribution in [0, 0.1) is 34.8 Å². The van der Waals surface area contributed by atoms with Gasteiger partial charge in [0.15, 0.2) is 22.6 Å². The van der Waals surface area contributed by atoms with E-state index in [2.05, 4.69) is 25.3 Å². The maximum absolute atomic E-state index is 15.2. The molecule has 2 aliphatic rings. The van der Waals surface area contributed by atoms with Crippen LogP contribution in [0.2, 0.25) is 0 Å². The number of aromatic nitrogens is 3. The maximum atomic E-state index is 15.2. The van der Waals surface area contributed by atoms with Gasteiger partial charge >= 0.3 is 0 Å². The lowest BCUT2D eigenvalue weighted by Crippen LogP contribution is -2.40. The van der Waals surface area contributed by atoms with Gasteiger partial charge in [0.05, 0.1) is 27.5 Å². The van der Waals surface area contributed by atoms with E-state index in [1.807, 2.05) is 13.0 Å². The van der Waals surface area contributed by atoms with Gasteiger partial charge in [-0.3, -0.25) is 4.99 Å². The molecule has 3 aromatic rings. The second kappa shape index (κ2) is 7.58. The number of aliphatic hydroxyl groups excluding tert-OH is 1. The fourth-order valence-corrected chi connectivity index (χ4v) is 6.94. The highest BCUT2D eigenvalue weighted by Gasteiger charge is 2.74. The number of benzene rings is 1. The van der Waals surface area contributed by atoms with E-state index in [9.17, 15) is 9.50 Å². The number of thioether (sulfide) groups is 1. The van der Waals surface area contributed by atoms with E-state index in [0.29, 0.717) is 16.6 Å². The lowest BCUT2D eigenvalue weighted by Gasteiger charge is -2.35. The number of hydrogen-bond donors (Lipinski definition) is 3. The van der Waals surface area contributed by atoms with E-state index in [4.69, 9.17) is 11.0 Å². The van der Waals surface area contributed by atoms with Crippen molar-refractivity contribution < 1.29 is 13.9 Å². The van der Waals surface area contributed by atoms with Crippen molar-refractivity contribution in [2.24, 2.45) is 22.6 Å². The van der Waals surface area contributed by atoms with Crippen LogP contribution in [-0.2, 0) is 5.54 Å². The molecule has 5 rings (SSSR count). The maximum Gasteiger partial charge on any atom is 0.164 e. The Morgan fingerprint density at radius 3 is 2.74 bits per heavy atom. The van der Waals surface area contributed by atoms with Gasteiger partial charge in [-0.15, -0.1) is 0 Å². The molecule has 174 valence electrons. The summed E-state index contributed by atoms with van der Waals surface area (Å²) in [7, 11) is 0. The highest BCUT2D eigenvalue weighted by atomic mass is 32.2. The molecule has 0 amide bonds. The molecule has 0 radical (unpaired) electrons. The van der Waals surface area contributed by atoms with Crippen LogP contribution in [0.1, 0.15) is 31.9 Å². The number of amidine groups is 1. The van der Waals surface area contributed by atoms with Crippen molar-refractivity contribution in [1.29, 1.82) is 5.26 Å². The lowest BCUT2D eigenvalue weighted by molar-refractivity contribution is 0.167. The molecule has 0 spiro atoms. The average Bonchev–Trinajstić information content (AvgIpc) is 3.41. The number of hydrogen-bond acceptors (Lipinski definition) is 9. The van der Waals surface area contributed by atoms with E-state index in [1.54, 1.807) is 19.9 Å². The number of nitriles is 1. The summed E-state index contributed by atoms with van der Waals surface area (Å²) in [6.07, 6.45) is 1.97. The third-order valence-electron chi connectivity index (χ3n) is 6.91. The molecule has 1 aromatic carbocycles. The second-order valence-corrected chi connectivity index (χ2v) is 10.2. The number of rotatable bonds is 4. The molecule has 5 atom stereocenters. The Hall–Kier alpha value is -3.36. The van der Waals surface area contributed by atoms with E-state index in [1.165, 1.54) is 30.4 Å². The average molecular weight is 482 g/mol. The molecular weight excluding hydrogens is 460 g/mol. The van der Waals surface area contributed by atoms with Crippen LogP contribution in [-0.4, -0.2) is 36.1 Å². The molecule has 1 aliphatic carbocycles. The molecule has 2 aromatic heterocycles. The van der Waals surface area contributed by atoms with Gasteiger partial charge in [-0.25, -0.2) is 23.7 Å². The predicted molar refractivity (Wildman–Crippen MR) is 125 cm³/mol. The normalized spacial score (nSPS) is 28.6. The monoisotopic (exact) mass is 481 g/mol. The van der Waals surface area contributed by atoms with Gasteiger partial charge in [0, 0.05) is 29.4 Å². The topological polar surface area (TPSA) is 133 Å². The summed E-state index contributed by atoms with van der Waals surface area (Å²) in [6, 6.07) is 6.08. The van der Waals surface area contributed by atoms with Gasteiger partial charge in [-0.1, -0.05) is 18.7 Å². The quantitative estimate of drug-likeness (QED) is 0.515. The summed E-state index contributed by atoms with van der Waals surface area (Å²) >= 11 is 1.29. The van der Waals surface area contributed by atoms with E-state index in [0.717, 1.165) is 6.07 Å². The predicted octanol–water partition coefficient (Wildman–Crippen LogP) is 3.58. The largest absolute Gasteiger partial charge is 0.392 e. The number of pyridine rings is 1. The Bertz CT molecular complexity index is 1410. The SMILES string of the molecule is C[C@@H](O)[C@@]12SC(N)=N[C@](C)(c3cc(Nc4ncnc5cc(C#N)cnc45)cc(F)c3F)C1[C@@H]2C. The Morgan fingerprint density at radius 1 is 1.26 bits per heavy atom. The van der Waals surface area contributed by atoms with Gasteiger partial charge < -0.3 is 16.2 Å². The summed E-state index contributed by atoms with van der Waals surface area (Å²) in [5, 5.41) is 22.8. The Kier molecular flexibility index (Phi) is 5.00. The molecule has 34 heavy (non-hydrogen) atoms. The zero-order chi connectivity index (χ0) is 24.4. The summed E-state index contributed by atoms with van der Waals surface area (Å²) < 4.78 is 29.4. The van der Waals surface area contributed by atoms with Crippen LogP contribution in [0.3, 0.4) is 0 Å². The van der Waals surface area contributed by atoms with E-state index in [-0.39, 0.29) is 34.1 Å². The number of nitrogens with one attached hydrogen (secondary N) is 1. The Morgan fingerprint density at radius 2 is 2.03 bits per heavy atom. The van der Waals surface area contributed by atoms with Crippen molar-refractivity contribution in [3.8, 4) is 6.07 Å². The van der Waals surface area contributed by atoms with Crippen molar-refractivity contribution >= 4 is 39.5 Å². The molecule has 1 unspecified atom stereocenters. The number of anilines is 2. The van der Waals surface area contributed by atoms with Gasteiger partial charge in [0.1, 0.15) is 17.9 Å². The van der Waals surface area contributed by atoms with Gasteiger partial charge in [-0.05, 0) is 31.9 Å². The first-order valence-electron chi connectivity index (χ1n) is 10.6. The number of fused-ring (bicyclic) bond motifs is 2. The highest BCUT2D eigenvalue weighted by molar-refractivity contribution is 8.15. The summed E-state index contributed by atoms with van der Waals surface area (Å²) in [4.78, 5) is 17.1. The van der Waals surface area contributed by atoms with Crippen molar-refractivity contribution in [1.82, 2.24) is 15.0 Å². The molecule has 11 heteroatoms. The third-order valence-corrected chi connectivity index (χ3v) is 8.53. The third kappa shape index (κ3) is 3.13. The molecule has 0 saturated heterocycles. The minimum Gasteiger partial charge on any atom is -0.392 e. The Labute approximate surface area is 198 Å². The summed E-state index contributed by atoms with van der Waals surface area (Å²) in [5.41, 5.74) is 6.35. The number of nitrogens with two attached hydrogens (primary N) is 1. The summed E-state index contributed by atoms with van der Waals surface area (Å²) in [5.74, 6) is -2.05. The molecule has 4 N–H and O–H groups in total. The molecule has 8 nitrogen and oxygen atoms in total. The van der Waals surface area contributed by atoms with Crippen molar-refractivity contribution in [3.63, 3.8) is 0 Å². The van der Waals surface area contributed by atoms with Crippen LogP contribution in [0.25, 0.3) is 11.0 Å². The highest BCUT2D eigenvalue weighted by Crippen LogP contribution is 2.71. The molecule has 0 bridgehead atoms. The van der Waals surface area contributed by atoms with Crippen LogP contribution in [0.4, 0.5) is 20.3 Å². The standard InChI is InChI=1S/C23H21F2N7OS/c1-10-19-22(3,32-21(27)34-23(10,19)11(2)33)14-5-13(6-15(24)17(14)25)31-20-18-16(29-9-30-20)4-12(7-26)8-28-18/h4-6,8-11,19,33H,1-3H3,(H2,27,32)(H,29,30,31)/t10-,11+,19?,22+,23+/m0/s1. The van der Waals surface area contributed by atoms with E-state index >= 15 is 4.39 Å². The number of aliphatic imine (C=N–C) groups is 1. The number of aliphatic hydroxyl groups is 1. The molecular formula is C23H21F2N7OS. The lowest BCUT2D eigenvalue weighted by atomic mass is 9.84. The number of nitrogens with zero attached hydrogens (tertiary/aromatic N) is 5. The van der Waals surface area contributed by atoms with E-state index < -0.39 is 28.0 Å². The zero-order valence-electron chi connectivity index (χ0n) is 18.5.